The van der Waals surface area contributed by atoms with Crippen LogP contribution >= 0.6 is 0 Å². The van der Waals surface area contributed by atoms with Crippen molar-refractivity contribution in [2.24, 2.45) is 0 Å². The highest BCUT2D eigenvalue weighted by atomic mass is 16.6. The number of ether oxygens (including phenoxy) is 3. The molecular formula is C65H104O6. The lowest BCUT2D eigenvalue weighted by molar-refractivity contribution is -0.167. The average Bonchev–Trinajstić information content (AvgIpc) is 3.37. The second-order valence-electron chi connectivity index (χ2n) is 18.5. The van der Waals surface area contributed by atoms with E-state index in [1.807, 2.05) is 0 Å². The van der Waals surface area contributed by atoms with Gasteiger partial charge >= 0.3 is 17.9 Å². The quantitative estimate of drug-likeness (QED) is 0.0262. The summed E-state index contributed by atoms with van der Waals surface area (Å²) in [7, 11) is 0. The lowest BCUT2D eigenvalue weighted by Crippen LogP contribution is -2.30. The Morgan fingerprint density at radius 1 is 0.296 bits per heavy atom. The highest BCUT2D eigenvalue weighted by molar-refractivity contribution is 5.71. The molecule has 0 spiro atoms. The molecule has 0 aliphatic carbocycles. The number of unbranched alkanes of at least 4 members (excludes halogenated alkanes) is 17. The van der Waals surface area contributed by atoms with E-state index in [1.165, 1.54) is 64.2 Å². The lowest BCUT2D eigenvalue weighted by atomic mass is 10.1. The summed E-state index contributed by atoms with van der Waals surface area (Å²) in [4.78, 5) is 37.9. The van der Waals surface area contributed by atoms with Gasteiger partial charge in [0.15, 0.2) is 6.10 Å². The first-order valence-corrected chi connectivity index (χ1v) is 28.7. The van der Waals surface area contributed by atoms with Crippen LogP contribution in [-0.4, -0.2) is 37.2 Å². The molecule has 0 fully saturated rings. The van der Waals surface area contributed by atoms with E-state index < -0.39 is 6.10 Å². The second-order valence-corrected chi connectivity index (χ2v) is 18.5. The van der Waals surface area contributed by atoms with Crippen LogP contribution in [0.2, 0.25) is 0 Å². The highest BCUT2D eigenvalue weighted by Gasteiger charge is 2.19. The van der Waals surface area contributed by atoms with E-state index in [1.54, 1.807) is 0 Å². The van der Waals surface area contributed by atoms with Crippen LogP contribution in [0.15, 0.2) is 134 Å². The van der Waals surface area contributed by atoms with Crippen LogP contribution in [0.4, 0.5) is 0 Å². The molecule has 0 N–H and O–H groups in total. The van der Waals surface area contributed by atoms with Crippen molar-refractivity contribution in [1.29, 1.82) is 0 Å². The van der Waals surface area contributed by atoms with Crippen LogP contribution in [0.25, 0.3) is 0 Å². The van der Waals surface area contributed by atoms with Gasteiger partial charge < -0.3 is 14.2 Å². The van der Waals surface area contributed by atoms with Gasteiger partial charge in [-0.3, -0.25) is 14.4 Å². The molecule has 0 aliphatic heterocycles. The molecule has 0 saturated heterocycles. The summed E-state index contributed by atoms with van der Waals surface area (Å²) in [6.45, 7) is 6.40. The summed E-state index contributed by atoms with van der Waals surface area (Å²) in [5, 5.41) is 0. The summed E-state index contributed by atoms with van der Waals surface area (Å²) < 4.78 is 16.7. The Labute approximate surface area is 436 Å². The average molecular weight is 982 g/mol. The molecule has 71 heavy (non-hydrogen) atoms. The van der Waals surface area contributed by atoms with Gasteiger partial charge in [0.25, 0.3) is 0 Å². The normalized spacial score (nSPS) is 13.1. The van der Waals surface area contributed by atoms with E-state index in [9.17, 15) is 14.4 Å². The van der Waals surface area contributed by atoms with Crippen molar-refractivity contribution in [3.05, 3.63) is 134 Å². The molecule has 400 valence electrons. The minimum Gasteiger partial charge on any atom is -0.462 e. The van der Waals surface area contributed by atoms with Crippen LogP contribution in [-0.2, 0) is 28.6 Å². The molecule has 6 heteroatoms. The zero-order valence-corrected chi connectivity index (χ0v) is 45.7. The number of hydrogen-bond acceptors (Lipinski definition) is 6. The Hall–Kier alpha value is -4.45. The topological polar surface area (TPSA) is 78.9 Å². The highest BCUT2D eigenvalue weighted by Crippen LogP contribution is 2.13. The van der Waals surface area contributed by atoms with E-state index in [0.717, 1.165) is 128 Å². The molecule has 0 heterocycles. The van der Waals surface area contributed by atoms with Crippen LogP contribution in [0.3, 0.4) is 0 Å². The molecule has 0 rings (SSSR count). The van der Waals surface area contributed by atoms with Gasteiger partial charge in [-0.05, 0) is 116 Å². The van der Waals surface area contributed by atoms with Crippen molar-refractivity contribution in [2.75, 3.05) is 13.2 Å². The molecule has 0 radical (unpaired) electrons. The van der Waals surface area contributed by atoms with Gasteiger partial charge in [0.2, 0.25) is 0 Å². The maximum Gasteiger partial charge on any atom is 0.306 e. The third-order valence-electron chi connectivity index (χ3n) is 11.6. The number of rotatable bonds is 50. The van der Waals surface area contributed by atoms with Crippen LogP contribution in [0, 0.1) is 0 Å². The zero-order valence-electron chi connectivity index (χ0n) is 45.7. The standard InChI is InChI=1S/C65H104O6/c1-4-7-10-13-16-19-21-22-23-24-25-26-27-28-29-30-31-32-33-34-35-36-37-38-39-40-41-42-44-46-49-52-55-58-64(67)70-61-62(60-69-63(66)57-54-51-48-45-18-15-12-9-6-3)71-65(68)59-56-53-50-47-43-20-17-14-11-8-5-2/h7,10,14,16-17,19,22-23,25-26,28-29,31-32,34-35,37-38,40-41,44,46,62H,4-6,8-9,11-13,15,18,20-21,24,27,30,33,36,39,42-43,45,47-61H2,1-3H3/b10-7-,17-14-,19-16-,23-22-,26-25-,29-28-,32-31-,35-34-,38-37-,41-40-,46-44-. The number of esters is 3. The molecule has 0 aromatic rings. The van der Waals surface area contributed by atoms with Crippen molar-refractivity contribution in [3.8, 4) is 0 Å². The molecule has 0 saturated carbocycles. The van der Waals surface area contributed by atoms with Gasteiger partial charge in [-0.1, -0.05) is 238 Å². The van der Waals surface area contributed by atoms with Gasteiger partial charge in [0, 0.05) is 19.3 Å². The summed E-state index contributed by atoms with van der Waals surface area (Å²) in [6.07, 6.45) is 81.8. The maximum absolute atomic E-state index is 12.7. The van der Waals surface area contributed by atoms with Gasteiger partial charge in [-0.2, -0.15) is 0 Å². The lowest BCUT2D eigenvalue weighted by Gasteiger charge is -2.18. The van der Waals surface area contributed by atoms with Gasteiger partial charge in [-0.15, -0.1) is 0 Å². The van der Waals surface area contributed by atoms with Gasteiger partial charge in [0.05, 0.1) is 0 Å². The van der Waals surface area contributed by atoms with Crippen molar-refractivity contribution in [2.45, 2.75) is 245 Å². The summed E-state index contributed by atoms with van der Waals surface area (Å²) >= 11 is 0. The molecule has 0 aromatic carbocycles. The fourth-order valence-electron chi connectivity index (χ4n) is 7.33. The van der Waals surface area contributed by atoms with E-state index in [0.29, 0.717) is 25.7 Å². The monoisotopic (exact) mass is 981 g/mol. The Kier molecular flexibility index (Phi) is 54.5. The minimum atomic E-state index is -0.800. The molecule has 6 nitrogen and oxygen atoms in total. The molecule has 0 aromatic heterocycles. The first kappa shape index (κ1) is 66.6. The number of carbonyl (C=O) groups is 3. The molecule has 1 unspecified atom stereocenters. The van der Waals surface area contributed by atoms with Gasteiger partial charge in [0.1, 0.15) is 13.2 Å². The van der Waals surface area contributed by atoms with Crippen molar-refractivity contribution < 1.29 is 28.6 Å². The predicted octanol–water partition coefficient (Wildman–Crippen LogP) is 19.4. The van der Waals surface area contributed by atoms with E-state index in [-0.39, 0.29) is 31.1 Å². The largest absolute Gasteiger partial charge is 0.462 e. The third-order valence-corrected chi connectivity index (χ3v) is 11.6. The summed E-state index contributed by atoms with van der Waals surface area (Å²) in [5.41, 5.74) is 0. The van der Waals surface area contributed by atoms with Crippen molar-refractivity contribution in [1.82, 2.24) is 0 Å². The van der Waals surface area contributed by atoms with Crippen molar-refractivity contribution >= 4 is 17.9 Å². The molecule has 1 atom stereocenters. The smallest absolute Gasteiger partial charge is 0.306 e. The molecule has 0 amide bonds. The van der Waals surface area contributed by atoms with E-state index in [4.69, 9.17) is 14.2 Å². The number of carbonyl (C=O) groups excluding carboxylic acids is 3. The fourth-order valence-corrected chi connectivity index (χ4v) is 7.33. The van der Waals surface area contributed by atoms with Crippen LogP contribution in [0.1, 0.15) is 239 Å². The molecule has 0 aliphatic rings. The van der Waals surface area contributed by atoms with E-state index in [2.05, 4.69) is 154 Å². The first-order valence-electron chi connectivity index (χ1n) is 28.7. The first-order chi connectivity index (χ1) is 35.0. The Morgan fingerprint density at radius 2 is 0.563 bits per heavy atom. The molecule has 0 bridgehead atoms. The minimum absolute atomic E-state index is 0.0970. The Balaban J connectivity index is 4.27. The Morgan fingerprint density at radius 3 is 0.944 bits per heavy atom. The Bertz CT molecular complexity index is 1550. The SMILES string of the molecule is CC/C=C\C/C=C\C/C=C\C/C=C\C/C=C\C/C=C\C/C=C\C/C=C\C/C=C\C/C=C\CCCCC(=O)OCC(COC(=O)CCCCCCCCCCC)OC(=O)CCCCCCC/C=C\CCCC. The second kappa shape index (κ2) is 58.1. The maximum atomic E-state index is 12.7. The predicted molar refractivity (Wildman–Crippen MR) is 306 cm³/mol. The summed E-state index contributed by atoms with van der Waals surface area (Å²) in [6, 6.07) is 0. The van der Waals surface area contributed by atoms with Crippen LogP contribution in [0.5, 0.6) is 0 Å². The van der Waals surface area contributed by atoms with Crippen molar-refractivity contribution in [3.63, 3.8) is 0 Å². The number of allylic oxidation sites excluding steroid dienone is 22. The van der Waals surface area contributed by atoms with Crippen LogP contribution < -0.4 is 0 Å². The zero-order chi connectivity index (χ0) is 51.4. The third kappa shape index (κ3) is 56.3. The molecular weight excluding hydrogens is 877 g/mol. The summed E-state index contributed by atoms with van der Waals surface area (Å²) in [5.74, 6) is -0.963. The van der Waals surface area contributed by atoms with Gasteiger partial charge in [-0.25, -0.2) is 0 Å². The van der Waals surface area contributed by atoms with E-state index >= 15 is 0 Å². The fraction of sp³-hybridized carbons (Fsp3) is 0.615. The number of hydrogen-bond donors (Lipinski definition) is 0.